The van der Waals surface area contributed by atoms with Crippen LogP contribution in [0.25, 0.3) is 0 Å². The van der Waals surface area contributed by atoms with E-state index in [9.17, 15) is 14.7 Å². The topological polar surface area (TPSA) is 87.7 Å². The summed E-state index contributed by atoms with van der Waals surface area (Å²) in [5.74, 6) is -0.783. The van der Waals surface area contributed by atoms with Crippen molar-refractivity contribution in [3.8, 4) is 5.75 Å². The normalized spacial score (nSPS) is 12.0. The molecule has 2 rings (SSSR count). The summed E-state index contributed by atoms with van der Waals surface area (Å²) >= 11 is 1.18. The maximum Gasteiger partial charge on any atom is 0.316 e. The second-order valence-corrected chi connectivity index (χ2v) is 5.61. The van der Waals surface area contributed by atoms with Crippen molar-refractivity contribution >= 4 is 17.7 Å². The predicted molar refractivity (Wildman–Crippen MR) is 79.5 cm³/mol. The largest absolute Gasteiger partial charge is 0.502 e. The summed E-state index contributed by atoms with van der Waals surface area (Å²) in [5.41, 5.74) is 0.399. The fraction of sp³-hybridized carbons (Fsp3) is 0.200. The summed E-state index contributed by atoms with van der Waals surface area (Å²) in [7, 11) is 0. The van der Waals surface area contributed by atoms with Crippen molar-refractivity contribution in [3.63, 3.8) is 0 Å². The molecule has 110 valence electrons. The molecular weight excluding hydrogens is 292 g/mol. The molecule has 21 heavy (non-hydrogen) atoms. The Kier molecular flexibility index (Phi) is 5.05. The van der Waals surface area contributed by atoms with Gasteiger partial charge in [0, 0.05) is 6.07 Å². The molecule has 0 amide bonds. The van der Waals surface area contributed by atoms with E-state index in [1.807, 2.05) is 30.3 Å². The average Bonchev–Trinajstić information content (AvgIpc) is 2.47. The Morgan fingerprint density at radius 3 is 2.62 bits per heavy atom. The molecule has 0 aliphatic heterocycles. The van der Waals surface area contributed by atoms with Gasteiger partial charge in [-0.25, -0.2) is 0 Å². The maximum atomic E-state index is 11.3. The van der Waals surface area contributed by atoms with Crippen LogP contribution in [0.1, 0.15) is 11.3 Å². The minimum absolute atomic E-state index is 0.249. The Morgan fingerprint density at radius 1 is 1.29 bits per heavy atom. The molecule has 2 N–H and O–H groups in total. The number of carboxylic acids is 1. The number of aliphatic carboxylic acids is 1. The van der Waals surface area contributed by atoms with Crippen LogP contribution in [0, 0.1) is 0 Å². The molecule has 1 aromatic heterocycles. The number of aromatic hydroxyl groups is 1. The second kappa shape index (κ2) is 6.99. The number of hydrogen-bond acceptors (Lipinski definition) is 5. The van der Waals surface area contributed by atoms with Gasteiger partial charge < -0.3 is 14.6 Å². The first kappa shape index (κ1) is 15.2. The smallest absolute Gasteiger partial charge is 0.316 e. The van der Waals surface area contributed by atoms with E-state index in [0.29, 0.717) is 12.2 Å². The first-order chi connectivity index (χ1) is 10.1. The van der Waals surface area contributed by atoms with E-state index in [1.165, 1.54) is 17.8 Å². The van der Waals surface area contributed by atoms with Gasteiger partial charge in [0.2, 0.25) is 5.43 Å². The molecule has 2 aromatic rings. The van der Waals surface area contributed by atoms with Gasteiger partial charge in [0.25, 0.3) is 0 Å². The summed E-state index contributed by atoms with van der Waals surface area (Å²) in [6, 6.07) is 10.5. The molecule has 6 heteroatoms. The molecule has 0 radical (unpaired) electrons. The molecule has 1 atom stereocenters. The third kappa shape index (κ3) is 4.39. The van der Waals surface area contributed by atoms with Crippen molar-refractivity contribution in [2.75, 3.05) is 0 Å². The van der Waals surface area contributed by atoms with Crippen LogP contribution in [0.2, 0.25) is 0 Å². The summed E-state index contributed by atoms with van der Waals surface area (Å²) in [4.78, 5) is 22.6. The molecule has 0 spiro atoms. The Bertz CT molecular complexity index is 665. The van der Waals surface area contributed by atoms with E-state index < -0.39 is 22.4 Å². The average molecular weight is 306 g/mol. The van der Waals surface area contributed by atoms with Crippen LogP contribution in [-0.4, -0.2) is 21.4 Å². The lowest BCUT2D eigenvalue weighted by Gasteiger charge is -2.11. The van der Waals surface area contributed by atoms with E-state index in [4.69, 9.17) is 9.52 Å². The number of carbonyl (C=O) groups is 1. The van der Waals surface area contributed by atoms with E-state index in [2.05, 4.69) is 0 Å². The van der Waals surface area contributed by atoms with Crippen LogP contribution < -0.4 is 5.43 Å². The Balaban J connectivity index is 2.01. The fourth-order valence-electron chi connectivity index (χ4n) is 1.75. The molecule has 0 bridgehead atoms. The molecule has 0 fully saturated rings. The SMILES string of the molecule is O=C(O)C(Cc1ccccc1)SCc1cc(=O)c(O)co1. The molecule has 5 nitrogen and oxygen atoms in total. The van der Waals surface area contributed by atoms with Gasteiger partial charge in [0.15, 0.2) is 5.75 Å². The molecule has 0 saturated heterocycles. The molecule has 1 aromatic carbocycles. The van der Waals surface area contributed by atoms with E-state index in [-0.39, 0.29) is 5.75 Å². The predicted octanol–water partition coefficient (Wildman–Crippen LogP) is 2.27. The molecule has 1 unspecified atom stereocenters. The summed E-state index contributed by atoms with van der Waals surface area (Å²) in [6.07, 6.45) is 1.36. The number of hydrogen-bond donors (Lipinski definition) is 2. The van der Waals surface area contributed by atoms with Crippen molar-refractivity contribution in [1.29, 1.82) is 0 Å². The maximum absolute atomic E-state index is 11.3. The molecule has 1 heterocycles. The zero-order valence-corrected chi connectivity index (χ0v) is 11.9. The lowest BCUT2D eigenvalue weighted by molar-refractivity contribution is -0.136. The van der Waals surface area contributed by atoms with Gasteiger partial charge >= 0.3 is 5.97 Å². The minimum atomic E-state index is -0.912. The first-order valence-corrected chi connectivity index (χ1v) is 7.30. The highest BCUT2D eigenvalue weighted by atomic mass is 32.2. The zero-order valence-electron chi connectivity index (χ0n) is 11.1. The van der Waals surface area contributed by atoms with Crippen LogP contribution in [0.4, 0.5) is 0 Å². The van der Waals surface area contributed by atoms with Crippen molar-refractivity contribution in [3.05, 3.63) is 64.2 Å². The van der Waals surface area contributed by atoms with Crippen molar-refractivity contribution < 1.29 is 19.4 Å². The Hall–Kier alpha value is -2.21. The van der Waals surface area contributed by atoms with E-state index >= 15 is 0 Å². The van der Waals surface area contributed by atoms with Gasteiger partial charge in [0.05, 0.1) is 5.75 Å². The summed E-state index contributed by atoms with van der Waals surface area (Å²) in [5, 5.41) is 17.7. The number of thioether (sulfide) groups is 1. The summed E-state index contributed by atoms with van der Waals surface area (Å²) in [6.45, 7) is 0. The fourth-order valence-corrected chi connectivity index (χ4v) is 2.72. The quantitative estimate of drug-likeness (QED) is 0.851. The number of rotatable bonds is 6. The van der Waals surface area contributed by atoms with Gasteiger partial charge in [-0.1, -0.05) is 30.3 Å². The van der Waals surface area contributed by atoms with Gasteiger partial charge in [-0.3, -0.25) is 9.59 Å². The molecule has 0 aliphatic carbocycles. The van der Waals surface area contributed by atoms with Crippen LogP contribution in [0.5, 0.6) is 5.75 Å². The summed E-state index contributed by atoms with van der Waals surface area (Å²) < 4.78 is 5.06. The Labute approximate surface area is 125 Å². The standard InChI is InChI=1S/C15H14O5S/c16-12-7-11(20-8-13(12)17)9-21-14(15(18)19)6-10-4-2-1-3-5-10/h1-5,7-8,14,17H,6,9H2,(H,18,19). The highest BCUT2D eigenvalue weighted by Gasteiger charge is 2.19. The lowest BCUT2D eigenvalue weighted by Crippen LogP contribution is -2.19. The third-order valence-corrected chi connectivity index (χ3v) is 4.05. The van der Waals surface area contributed by atoms with Crippen molar-refractivity contribution in [2.45, 2.75) is 17.4 Å². The second-order valence-electron chi connectivity index (χ2n) is 4.42. The molecular formula is C15H14O5S. The number of carboxylic acid groups (broad SMARTS) is 1. The van der Waals surface area contributed by atoms with Crippen LogP contribution in [0.3, 0.4) is 0 Å². The monoisotopic (exact) mass is 306 g/mol. The number of benzene rings is 1. The van der Waals surface area contributed by atoms with Gasteiger partial charge in [-0.05, 0) is 12.0 Å². The first-order valence-electron chi connectivity index (χ1n) is 6.25. The lowest BCUT2D eigenvalue weighted by atomic mass is 10.1. The highest BCUT2D eigenvalue weighted by Crippen LogP contribution is 2.21. The van der Waals surface area contributed by atoms with E-state index in [1.54, 1.807) is 0 Å². The Morgan fingerprint density at radius 2 is 2.00 bits per heavy atom. The highest BCUT2D eigenvalue weighted by molar-refractivity contribution is 7.99. The zero-order chi connectivity index (χ0) is 15.2. The third-order valence-electron chi connectivity index (χ3n) is 2.83. The molecule has 0 saturated carbocycles. The minimum Gasteiger partial charge on any atom is -0.502 e. The molecule has 0 aliphatic rings. The van der Waals surface area contributed by atoms with Crippen LogP contribution in [-0.2, 0) is 17.0 Å². The van der Waals surface area contributed by atoms with Gasteiger partial charge in [-0.15, -0.1) is 11.8 Å². The van der Waals surface area contributed by atoms with Crippen molar-refractivity contribution in [2.24, 2.45) is 0 Å². The van der Waals surface area contributed by atoms with Crippen molar-refractivity contribution in [1.82, 2.24) is 0 Å². The van der Waals surface area contributed by atoms with Gasteiger partial charge in [0.1, 0.15) is 17.3 Å². The van der Waals surface area contributed by atoms with Gasteiger partial charge in [-0.2, -0.15) is 0 Å². The van der Waals surface area contributed by atoms with Crippen LogP contribution >= 0.6 is 11.8 Å². The van der Waals surface area contributed by atoms with E-state index in [0.717, 1.165) is 11.8 Å². The van der Waals surface area contributed by atoms with Crippen LogP contribution in [0.15, 0.2) is 51.9 Å².